The van der Waals surface area contributed by atoms with Gasteiger partial charge in [0.15, 0.2) is 0 Å². The Hall–Kier alpha value is -1.69. The Labute approximate surface area is 126 Å². The number of allylic oxidation sites excluding steroid dienone is 1. The fourth-order valence-electron chi connectivity index (χ4n) is 1.36. The second-order valence-corrected chi connectivity index (χ2v) is 5.27. The summed E-state index contributed by atoms with van der Waals surface area (Å²) in [6.07, 6.45) is -3.14. The van der Waals surface area contributed by atoms with Crippen LogP contribution < -0.4 is 10.6 Å². The molecule has 116 valence electrons. The van der Waals surface area contributed by atoms with E-state index >= 15 is 0 Å². The van der Waals surface area contributed by atoms with Crippen molar-refractivity contribution in [3.63, 3.8) is 0 Å². The minimum atomic E-state index is -4.60. The van der Waals surface area contributed by atoms with E-state index in [1.165, 1.54) is 12.3 Å². The zero-order chi connectivity index (χ0) is 16.2. The number of nitrogens with one attached hydrogen (secondary N) is 2. The molecule has 7 heteroatoms. The van der Waals surface area contributed by atoms with Gasteiger partial charge in [-0.15, -0.1) is 0 Å². The van der Waals surface area contributed by atoms with Crippen LogP contribution in [0.2, 0.25) is 5.02 Å². The van der Waals surface area contributed by atoms with Gasteiger partial charge in [-0.05, 0) is 31.0 Å². The maximum atomic E-state index is 12.9. The summed E-state index contributed by atoms with van der Waals surface area (Å²) in [5, 5.41) is 4.51. The van der Waals surface area contributed by atoms with Gasteiger partial charge in [0.05, 0.1) is 11.3 Å². The maximum absolute atomic E-state index is 12.9. The lowest BCUT2D eigenvalue weighted by Crippen LogP contribution is -2.26. The van der Waals surface area contributed by atoms with E-state index in [2.05, 4.69) is 10.6 Å². The van der Waals surface area contributed by atoms with Crippen LogP contribution in [0.4, 0.5) is 23.7 Å². The molecule has 0 aliphatic heterocycles. The topological polar surface area (TPSA) is 41.1 Å². The summed E-state index contributed by atoms with van der Waals surface area (Å²) in [7, 11) is 0. The summed E-state index contributed by atoms with van der Waals surface area (Å²) in [5.74, 6) is 0.228. The molecule has 0 saturated carbocycles. The molecule has 0 unspecified atom stereocenters. The van der Waals surface area contributed by atoms with E-state index in [0.29, 0.717) is 0 Å². The molecule has 0 bridgehead atoms. The van der Waals surface area contributed by atoms with Crippen molar-refractivity contribution >= 4 is 23.3 Å². The van der Waals surface area contributed by atoms with Crippen LogP contribution in [0.15, 0.2) is 30.0 Å². The highest BCUT2D eigenvalue weighted by molar-refractivity contribution is 6.30. The van der Waals surface area contributed by atoms with Crippen molar-refractivity contribution < 1.29 is 18.0 Å². The molecule has 0 aliphatic carbocycles. The molecule has 0 radical (unpaired) electrons. The van der Waals surface area contributed by atoms with Gasteiger partial charge in [-0.2, -0.15) is 13.2 Å². The molecule has 0 aliphatic rings. The van der Waals surface area contributed by atoms with Crippen LogP contribution >= 0.6 is 11.6 Å². The number of halogens is 4. The molecular formula is C14H16ClF3N2O. The number of alkyl halides is 3. The Morgan fingerprint density at radius 2 is 1.95 bits per heavy atom. The Kier molecular flexibility index (Phi) is 5.66. The summed E-state index contributed by atoms with van der Waals surface area (Å²) < 4.78 is 38.6. The number of carbonyl (C=O) groups excluding carboxylic acids is 1. The van der Waals surface area contributed by atoms with Crippen molar-refractivity contribution in [2.45, 2.75) is 26.9 Å². The molecule has 0 fully saturated rings. The molecule has 3 nitrogen and oxygen atoms in total. The first-order valence-electron chi connectivity index (χ1n) is 6.22. The van der Waals surface area contributed by atoms with Crippen molar-refractivity contribution in [3.05, 3.63) is 40.6 Å². The maximum Gasteiger partial charge on any atom is 0.418 e. The van der Waals surface area contributed by atoms with E-state index < -0.39 is 17.8 Å². The van der Waals surface area contributed by atoms with E-state index in [4.69, 9.17) is 11.6 Å². The zero-order valence-corrected chi connectivity index (χ0v) is 12.6. The number of hydrogen-bond acceptors (Lipinski definition) is 1. The minimum Gasteiger partial charge on any atom is -0.314 e. The molecule has 0 atom stereocenters. The van der Waals surface area contributed by atoms with E-state index in [0.717, 1.165) is 17.7 Å². The van der Waals surface area contributed by atoms with Crippen molar-refractivity contribution in [1.82, 2.24) is 5.32 Å². The lowest BCUT2D eigenvalue weighted by Gasteiger charge is -2.14. The molecule has 0 heterocycles. The standard InChI is InChI=1S/C14H16ClF3N2O/c1-8(2)9(3)7-19-13(21)20-12-5-4-10(15)6-11(12)14(16,17)18/h4-8H,1-3H3,(H2,19,20,21)/b9-7+. The molecular weight excluding hydrogens is 305 g/mol. The Morgan fingerprint density at radius 1 is 1.33 bits per heavy atom. The van der Waals surface area contributed by atoms with Gasteiger partial charge in [0, 0.05) is 11.2 Å². The van der Waals surface area contributed by atoms with Gasteiger partial charge in [-0.1, -0.05) is 31.0 Å². The summed E-state index contributed by atoms with van der Waals surface area (Å²) >= 11 is 5.56. The SMILES string of the molecule is C/C(=C\NC(=O)Nc1ccc(Cl)cc1C(F)(F)F)C(C)C. The summed E-state index contributed by atoms with van der Waals surface area (Å²) in [6.45, 7) is 5.69. The zero-order valence-electron chi connectivity index (χ0n) is 11.8. The normalized spacial score (nSPS) is 12.5. The van der Waals surface area contributed by atoms with E-state index in [9.17, 15) is 18.0 Å². The smallest absolute Gasteiger partial charge is 0.314 e. The number of hydrogen-bond donors (Lipinski definition) is 2. The van der Waals surface area contributed by atoms with Crippen LogP contribution in [0, 0.1) is 5.92 Å². The molecule has 2 N–H and O–H groups in total. The van der Waals surface area contributed by atoms with Crippen LogP contribution in [-0.4, -0.2) is 6.03 Å². The quantitative estimate of drug-likeness (QED) is 0.804. The lowest BCUT2D eigenvalue weighted by molar-refractivity contribution is -0.136. The average Bonchev–Trinajstić information content (AvgIpc) is 2.36. The van der Waals surface area contributed by atoms with Crippen molar-refractivity contribution in [1.29, 1.82) is 0 Å². The number of urea groups is 1. The third kappa shape index (κ3) is 5.30. The van der Waals surface area contributed by atoms with Crippen LogP contribution in [0.5, 0.6) is 0 Å². The molecule has 1 rings (SSSR count). The van der Waals surface area contributed by atoms with Crippen LogP contribution in [-0.2, 0) is 6.18 Å². The van der Waals surface area contributed by atoms with Gasteiger partial charge in [-0.3, -0.25) is 0 Å². The Bertz CT molecular complexity index is 554. The summed E-state index contributed by atoms with van der Waals surface area (Å²) in [4.78, 5) is 11.6. The molecule has 2 amide bonds. The van der Waals surface area contributed by atoms with Gasteiger partial charge in [0.1, 0.15) is 0 Å². The number of rotatable bonds is 3. The highest BCUT2D eigenvalue weighted by Crippen LogP contribution is 2.36. The van der Waals surface area contributed by atoms with Gasteiger partial charge in [-0.25, -0.2) is 4.79 Å². The molecule has 1 aromatic carbocycles. The number of benzene rings is 1. The average molecular weight is 321 g/mol. The third-order valence-electron chi connectivity index (χ3n) is 2.88. The first-order valence-corrected chi connectivity index (χ1v) is 6.60. The fraction of sp³-hybridized carbons (Fsp3) is 0.357. The van der Waals surface area contributed by atoms with Gasteiger partial charge >= 0.3 is 12.2 Å². The minimum absolute atomic E-state index is 0.0520. The van der Waals surface area contributed by atoms with Gasteiger partial charge in [0.25, 0.3) is 0 Å². The first kappa shape index (κ1) is 17.4. The van der Waals surface area contributed by atoms with E-state index in [1.807, 2.05) is 20.8 Å². The molecule has 0 spiro atoms. The van der Waals surface area contributed by atoms with Crippen LogP contribution in [0.25, 0.3) is 0 Å². The monoisotopic (exact) mass is 320 g/mol. The van der Waals surface area contributed by atoms with Crippen molar-refractivity contribution in [2.75, 3.05) is 5.32 Å². The first-order chi connectivity index (χ1) is 9.61. The predicted molar refractivity (Wildman–Crippen MR) is 77.2 cm³/mol. The number of anilines is 1. The third-order valence-corrected chi connectivity index (χ3v) is 3.11. The Morgan fingerprint density at radius 3 is 2.48 bits per heavy atom. The van der Waals surface area contributed by atoms with Crippen LogP contribution in [0.3, 0.4) is 0 Å². The summed E-state index contributed by atoms with van der Waals surface area (Å²) in [5.41, 5.74) is -0.438. The second kappa shape index (κ2) is 6.85. The summed E-state index contributed by atoms with van der Waals surface area (Å²) in [6, 6.07) is 2.42. The Balaban J connectivity index is 2.89. The lowest BCUT2D eigenvalue weighted by atomic mass is 10.1. The second-order valence-electron chi connectivity index (χ2n) is 4.83. The van der Waals surface area contributed by atoms with E-state index in [1.54, 1.807) is 0 Å². The molecule has 1 aromatic rings. The number of amides is 2. The molecule has 0 saturated heterocycles. The predicted octanol–water partition coefficient (Wildman–Crippen LogP) is 5.04. The van der Waals surface area contributed by atoms with Crippen molar-refractivity contribution in [3.8, 4) is 0 Å². The molecule has 21 heavy (non-hydrogen) atoms. The highest BCUT2D eigenvalue weighted by Gasteiger charge is 2.34. The van der Waals surface area contributed by atoms with Gasteiger partial charge in [0.2, 0.25) is 0 Å². The number of carbonyl (C=O) groups is 1. The highest BCUT2D eigenvalue weighted by atomic mass is 35.5. The van der Waals surface area contributed by atoms with E-state index in [-0.39, 0.29) is 16.6 Å². The van der Waals surface area contributed by atoms with Gasteiger partial charge < -0.3 is 10.6 Å². The largest absolute Gasteiger partial charge is 0.418 e. The fourth-order valence-corrected chi connectivity index (χ4v) is 1.54. The van der Waals surface area contributed by atoms with Crippen LogP contribution in [0.1, 0.15) is 26.3 Å². The molecule has 0 aromatic heterocycles. The van der Waals surface area contributed by atoms with Crippen molar-refractivity contribution in [2.24, 2.45) is 5.92 Å².